The van der Waals surface area contributed by atoms with Crippen LogP contribution in [0, 0.1) is 0 Å². The van der Waals surface area contributed by atoms with E-state index in [1.807, 2.05) is 48.6 Å². The van der Waals surface area contributed by atoms with Crippen molar-refractivity contribution in [1.29, 1.82) is 0 Å². The zero-order valence-electron chi connectivity index (χ0n) is 46.4. The quantitative estimate of drug-likeness (QED) is 0.0321. The highest BCUT2D eigenvalue weighted by atomic mass is 16.5. The van der Waals surface area contributed by atoms with Crippen molar-refractivity contribution < 1.29 is 24.5 Å². The minimum absolute atomic E-state index is 0.0599. The van der Waals surface area contributed by atoms with Crippen LogP contribution in [0.2, 0.25) is 0 Å². The smallest absolute Gasteiger partial charge is 0.306 e. The number of rotatable bonds is 54. The van der Waals surface area contributed by atoms with Crippen LogP contribution < -0.4 is 5.32 Å². The number of unbranched alkanes of at least 4 members (excludes halogenated alkanes) is 35. The second-order valence-electron chi connectivity index (χ2n) is 20.5. The molecule has 0 aliphatic carbocycles. The van der Waals surface area contributed by atoms with Crippen molar-refractivity contribution in [3.63, 3.8) is 0 Å². The van der Waals surface area contributed by atoms with Crippen molar-refractivity contribution in [1.82, 2.24) is 5.32 Å². The minimum Gasteiger partial charge on any atom is -0.462 e. The molecule has 0 aliphatic rings. The largest absolute Gasteiger partial charge is 0.462 e. The molecule has 0 radical (unpaired) electrons. The van der Waals surface area contributed by atoms with E-state index in [0.29, 0.717) is 19.3 Å². The van der Waals surface area contributed by atoms with Crippen LogP contribution in [0.1, 0.15) is 297 Å². The molecule has 0 heterocycles. The van der Waals surface area contributed by atoms with Crippen LogP contribution in [-0.2, 0) is 14.3 Å². The summed E-state index contributed by atoms with van der Waals surface area (Å²) in [4.78, 5) is 26.3. The maximum absolute atomic E-state index is 13.3. The molecule has 0 aromatic carbocycles. The van der Waals surface area contributed by atoms with Crippen LogP contribution in [0.5, 0.6) is 0 Å². The van der Waals surface area contributed by atoms with E-state index in [1.165, 1.54) is 180 Å². The van der Waals surface area contributed by atoms with Gasteiger partial charge in [-0.25, -0.2) is 0 Å². The standard InChI is InChI=1S/C64H115NO5/c1-4-7-10-13-16-19-22-25-28-31-34-37-40-43-46-49-52-55-60(70-64(69)57-54-51-48-45-42-39-36-33-30-27-24-21-18-15-12-9-6-3)58-63(68)65-61(59-66)62(67)56-53-50-47-44-41-38-35-32-29-26-23-20-17-14-11-8-5-2/h9,12,15,18,21,24,27,30,33,36,39,42,60-62,66-67H,4-8,10-11,13-14,16-17,19-20,22-23,25-26,28-29,31-32,34-35,37-38,40-41,43-59H2,1-3H3,(H,65,68)/b12-9-,18-15+,24-21+,30-27-,36-33+,42-39+. The molecule has 406 valence electrons. The molecular formula is C64H115NO5. The molecule has 0 saturated heterocycles. The number of nitrogens with one attached hydrogen (secondary N) is 1. The zero-order chi connectivity index (χ0) is 50.9. The predicted octanol–water partition coefficient (Wildman–Crippen LogP) is 18.9. The van der Waals surface area contributed by atoms with Crippen LogP contribution in [0.15, 0.2) is 72.9 Å². The van der Waals surface area contributed by atoms with Crippen LogP contribution in [0.25, 0.3) is 0 Å². The van der Waals surface area contributed by atoms with Gasteiger partial charge in [0.15, 0.2) is 0 Å². The highest BCUT2D eigenvalue weighted by molar-refractivity contribution is 5.77. The predicted molar refractivity (Wildman–Crippen MR) is 305 cm³/mol. The van der Waals surface area contributed by atoms with Crippen molar-refractivity contribution in [2.75, 3.05) is 6.61 Å². The lowest BCUT2D eigenvalue weighted by atomic mass is 10.0. The van der Waals surface area contributed by atoms with Crippen LogP contribution >= 0.6 is 0 Å². The first-order valence-corrected chi connectivity index (χ1v) is 30.2. The first kappa shape index (κ1) is 67.3. The SMILES string of the molecule is CC\C=C/C=C/C=C/C=C\C=C\C=C\CCCCCC(=O)OC(CCCCCCCCCCCCCCCCCCC)CC(=O)NC(CO)C(O)CCCCCCCCCCCCCCCCCCC. The molecule has 3 atom stereocenters. The van der Waals surface area contributed by atoms with Crippen LogP contribution in [0.3, 0.4) is 0 Å². The fourth-order valence-corrected chi connectivity index (χ4v) is 9.17. The summed E-state index contributed by atoms with van der Waals surface area (Å²) in [6.45, 7) is 6.37. The number of hydrogen-bond donors (Lipinski definition) is 3. The van der Waals surface area contributed by atoms with Gasteiger partial charge in [0.05, 0.1) is 25.2 Å². The lowest BCUT2D eigenvalue weighted by Crippen LogP contribution is -2.46. The van der Waals surface area contributed by atoms with Crippen LogP contribution in [0.4, 0.5) is 0 Å². The Kier molecular flexibility index (Phi) is 55.0. The highest BCUT2D eigenvalue weighted by Crippen LogP contribution is 2.19. The van der Waals surface area contributed by atoms with E-state index in [1.54, 1.807) is 0 Å². The van der Waals surface area contributed by atoms with Crippen molar-refractivity contribution in [2.24, 2.45) is 0 Å². The average Bonchev–Trinajstić information content (AvgIpc) is 3.35. The summed E-state index contributed by atoms with van der Waals surface area (Å²) in [5.41, 5.74) is 0. The first-order valence-electron chi connectivity index (χ1n) is 30.2. The number of aliphatic hydroxyl groups is 2. The zero-order valence-corrected chi connectivity index (χ0v) is 46.4. The van der Waals surface area contributed by atoms with Gasteiger partial charge in [0.25, 0.3) is 0 Å². The molecule has 0 bridgehead atoms. The Morgan fingerprint density at radius 2 is 0.771 bits per heavy atom. The van der Waals surface area contributed by atoms with E-state index in [4.69, 9.17) is 4.74 Å². The third-order valence-corrected chi connectivity index (χ3v) is 13.7. The summed E-state index contributed by atoms with van der Waals surface area (Å²) < 4.78 is 5.96. The maximum atomic E-state index is 13.3. The Balaban J connectivity index is 4.61. The van der Waals surface area contributed by atoms with E-state index in [2.05, 4.69) is 50.4 Å². The Morgan fingerprint density at radius 1 is 0.429 bits per heavy atom. The number of esters is 1. The summed E-state index contributed by atoms with van der Waals surface area (Å²) in [6.07, 6.45) is 74.0. The van der Waals surface area contributed by atoms with E-state index >= 15 is 0 Å². The molecule has 6 heteroatoms. The molecule has 70 heavy (non-hydrogen) atoms. The molecule has 6 nitrogen and oxygen atoms in total. The molecular weight excluding hydrogens is 863 g/mol. The normalized spacial score (nSPS) is 13.6. The molecule has 3 unspecified atom stereocenters. The second-order valence-corrected chi connectivity index (χ2v) is 20.5. The summed E-state index contributed by atoms with van der Waals surface area (Å²) in [6, 6.07) is -0.714. The van der Waals surface area contributed by atoms with Gasteiger partial charge < -0.3 is 20.3 Å². The van der Waals surface area contributed by atoms with Gasteiger partial charge in [0, 0.05) is 6.42 Å². The Labute approximate surface area is 434 Å². The Morgan fingerprint density at radius 3 is 1.16 bits per heavy atom. The number of amides is 1. The molecule has 0 saturated carbocycles. The summed E-state index contributed by atoms with van der Waals surface area (Å²) in [5.74, 6) is -0.514. The van der Waals surface area contributed by atoms with Crippen molar-refractivity contribution in [2.45, 2.75) is 315 Å². The molecule has 1 amide bonds. The summed E-state index contributed by atoms with van der Waals surface area (Å²) in [7, 11) is 0. The molecule has 0 fully saturated rings. The Bertz CT molecular complexity index is 1280. The van der Waals surface area contributed by atoms with Gasteiger partial charge in [-0.1, -0.05) is 312 Å². The van der Waals surface area contributed by atoms with E-state index in [9.17, 15) is 19.8 Å². The fraction of sp³-hybridized carbons (Fsp3) is 0.781. The molecule has 3 N–H and O–H groups in total. The first-order chi connectivity index (χ1) is 34.5. The summed E-state index contributed by atoms with van der Waals surface area (Å²) in [5, 5.41) is 23.9. The monoisotopic (exact) mass is 978 g/mol. The molecule has 0 aromatic heterocycles. The fourth-order valence-electron chi connectivity index (χ4n) is 9.17. The third kappa shape index (κ3) is 51.6. The third-order valence-electron chi connectivity index (χ3n) is 13.7. The topological polar surface area (TPSA) is 95.9 Å². The van der Waals surface area contributed by atoms with Gasteiger partial charge in [-0.15, -0.1) is 0 Å². The Hall–Kier alpha value is -2.70. The van der Waals surface area contributed by atoms with Gasteiger partial charge in [-0.3, -0.25) is 9.59 Å². The van der Waals surface area contributed by atoms with E-state index in [0.717, 1.165) is 70.6 Å². The number of ether oxygens (including phenoxy) is 1. The average molecular weight is 979 g/mol. The van der Waals surface area contributed by atoms with Gasteiger partial charge >= 0.3 is 5.97 Å². The molecule has 0 aliphatic heterocycles. The minimum atomic E-state index is -0.799. The highest BCUT2D eigenvalue weighted by Gasteiger charge is 2.24. The van der Waals surface area contributed by atoms with E-state index < -0.39 is 18.2 Å². The van der Waals surface area contributed by atoms with Crippen molar-refractivity contribution in [3.05, 3.63) is 72.9 Å². The second kappa shape index (κ2) is 57.2. The maximum Gasteiger partial charge on any atom is 0.306 e. The molecule has 0 spiro atoms. The molecule has 0 aromatic rings. The van der Waals surface area contributed by atoms with Crippen molar-refractivity contribution in [3.8, 4) is 0 Å². The van der Waals surface area contributed by atoms with Crippen LogP contribution in [-0.4, -0.2) is 46.9 Å². The van der Waals surface area contributed by atoms with E-state index in [-0.39, 0.29) is 24.9 Å². The number of allylic oxidation sites excluding steroid dienone is 12. The number of carbonyl (C=O) groups is 2. The lowest BCUT2D eigenvalue weighted by molar-refractivity contribution is -0.151. The number of carbonyl (C=O) groups excluding carboxylic acids is 2. The van der Waals surface area contributed by atoms with Gasteiger partial charge in [-0.2, -0.15) is 0 Å². The van der Waals surface area contributed by atoms with Gasteiger partial charge in [-0.05, 0) is 44.9 Å². The lowest BCUT2D eigenvalue weighted by Gasteiger charge is -2.24. The van der Waals surface area contributed by atoms with Crippen molar-refractivity contribution >= 4 is 11.9 Å². The molecule has 0 rings (SSSR count). The van der Waals surface area contributed by atoms with Gasteiger partial charge in [0.2, 0.25) is 5.91 Å². The summed E-state index contributed by atoms with van der Waals surface area (Å²) >= 11 is 0. The number of hydrogen-bond acceptors (Lipinski definition) is 5. The number of aliphatic hydroxyl groups excluding tert-OH is 2. The van der Waals surface area contributed by atoms with Gasteiger partial charge in [0.1, 0.15) is 6.10 Å².